The van der Waals surface area contributed by atoms with Gasteiger partial charge in [0.1, 0.15) is 5.75 Å². The lowest BCUT2D eigenvalue weighted by Gasteiger charge is -2.15. The summed E-state index contributed by atoms with van der Waals surface area (Å²) < 4.78 is 5.57. The molecule has 1 atom stereocenters. The molecule has 0 fully saturated rings. The Morgan fingerprint density at radius 2 is 1.84 bits per heavy atom. The Hall–Kier alpha value is -2.56. The van der Waals surface area contributed by atoms with E-state index in [2.05, 4.69) is 0 Å². The number of primary amides is 1. The average Bonchev–Trinajstić information content (AvgIpc) is 2.38. The number of amides is 3. The Bertz CT molecular complexity index is 620. The molecule has 0 heterocycles. The lowest BCUT2D eigenvalue weighted by atomic mass is 10.1. The Balaban J connectivity index is 2.21. The third-order valence-electron chi connectivity index (χ3n) is 2.67. The van der Waals surface area contributed by atoms with E-state index >= 15 is 0 Å². The van der Waals surface area contributed by atoms with Crippen molar-refractivity contribution in [2.45, 2.75) is 13.0 Å². The Labute approximate surface area is 110 Å². The van der Waals surface area contributed by atoms with Gasteiger partial charge in [0.05, 0.1) is 0 Å². The second-order valence-electron chi connectivity index (χ2n) is 4.09. The zero-order valence-electron chi connectivity index (χ0n) is 10.4. The molecule has 2 aromatic carbocycles. The first-order valence-corrected chi connectivity index (χ1v) is 5.82. The second kappa shape index (κ2) is 5.39. The summed E-state index contributed by atoms with van der Waals surface area (Å²) in [7, 11) is 0. The molecule has 19 heavy (non-hydrogen) atoms. The van der Waals surface area contributed by atoms with Crippen molar-refractivity contribution >= 4 is 22.7 Å². The third kappa shape index (κ3) is 3.01. The number of imide groups is 1. The SMILES string of the molecule is C[C@H](Oc1cccc2ccccc12)C(=O)NC(N)=O. The van der Waals surface area contributed by atoms with Crippen LogP contribution in [0.15, 0.2) is 42.5 Å². The summed E-state index contributed by atoms with van der Waals surface area (Å²) in [5, 5.41) is 3.91. The van der Waals surface area contributed by atoms with Gasteiger partial charge in [0.15, 0.2) is 6.10 Å². The van der Waals surface area contributed by atoms with E-state index in [4.69, 9.17) is 10.5 Å². The topological polar surface area (TPSA) is 81.4 Å². The van der Waals surface area contributed by atoms with Gasteiger partial charge in [0.25, 0.3) is 5.91 Å². The first-order valence-electron chi connectivity index (χ1n) is 5.82. The van der Waals surface area contributed by atoms with Gasteiger partial charge in [0, 0.05) is 5.39 Å². The maximum atomic E-state index is 11.6. The van der Waals surface area contributed by atoms with E-state index < -0.39 is 18.0 Å². The highest BCUT2D eigenvalue weighted by atomic mass is 16.5. The van der Waals surface area contributed by atoms with Crippen molar-refractivity contribution in [1.82, 2.24) is 5.32 Å². The molecule has 2 rings (SSSR count). The minimum Gasteiger partial charge on any atom is -0.480 e. The van der Waals surface area contributed by atoms with Crippen LogP contribution in [0, 0.1) is 0 Å². The molecule has 0 aliphatic heterocycles. The van der Waals surface area contributed by atoms with Gasteiger partial charge >= 0.3 is 6.03 Å². The molecular weight excluding hydrogens is 244 g/mol. The number of carbonyl (C=O) groups is 2. The zero-order valence-corrected chi connectivity index (χ0v) is 10.4. The lowest BCUT2D eigenvalue weighted by Crippen LogP contribution is -2.42. The summed E-state index contributed by atoms with van der Waals surface area (Å²) in [6, 6.07) is 12.4. The molecule has 5 nitrogen and oxygen atoms in total. The molecule has 0 aliphatic rings. The number of carbonyl (C=O) groups excluding carboxylic acids is 2. The standard InChI is InChI=1S/C14H14N2O3/c1-9(13(17)16-14(15)18)19-12-8-4-6-10-5-2-3-7-11(10)12/h2-9H,1H3,(H3,15,16,17,18)/t9-/m0/s1. The number of urea groups is 1. The predicted molar refractivity (Wildman–Crippen MR) is 71.8 cm³/mol. The van der Waals surface area contributed by atoms with Crippen molar-refractivity contribution in [2.75, 3.05) is 0 Å². The van der Waals surface area contributed by atoms with Crippen LogP contribution < -0.4 is 15.8 Å². The summed E-state index contributed by atoms with van der Waals surface area (Å²) in [6.07, 6.45) is -0.807. The van der Waals surface area contributed by atoms with Crippen molar-refractivity contribution in [3.05, 3.63) is 42.5 Å². The predicted octanol–water partition coefficient (Wildman–Crippen LogP) is 1.80. The van der Waals surface area contributed by atoms with Crippen LogP contribution in [0.2, 0.25) is 0 Å². The highest BCUT2D eigenvalue weighted by molar-refractivity contribution is 5.96. The summed E-state index contributed by atoms with van der Waals surface area (Å²) in [4.78, 5) is 22.2. The quantitative estimate of drug-likeness (QED) is 0.880. The molecule has 3 amide bonds. The van der Waals surface area contributed by atoms with Crippen molar-refractivity contribution in [2.24, 2.45) is 5.73 Å². The van der Waals surface area contributed by atoms with E-state index in [1.807, 2.05) is 41.7 Å². The average molecular weight is 258 g/mol. The number of hydrogen-bond donors (Lipinski definition) is 2. The van der Waals surface area contributed by atoms with Crippen LogP contribution in [0.4, 0.5) is 4.79 Å². The van der Waals surface area contributed by atoms with Crippen molar-refractivity contribution in [1.29, 1.82) is 0 Å². The number of fused-ring (bicyclic) bond motifs is 1. The van der Waals surface area contributed by atoms with Gasteiger partial charge in [-0.15, -0.1) is 0 Å². The van der Waals surface area contributed by atoms with Gasteiger partial charge in [-0.3, -0.25) is 10.1 Å². The number of nitrogens with two attached hydrogens (primary N) is 1. The summed E-state index contributed by atoms with van der Waals surface area (Å²) in [5.74, 6) is 0.0191. The summed E-state index contributed by atoms with van der Waals surface area (Å²) >= 11 is 0. The van der Waals surface area contributed by atoms with Gasteiger partial charge in [-0.25, -0.2) is 4.79 Å². The van der Waals surface area contributed by atoms with E-state index in [9.17, 15) is 9.59 Å². The Morgan fingerprint density at radius 3 is 2.58 bits per heavy atom. The molecule has 0 unspecified atom stereocenters. The highest BCUT2D eigenvalue weighted by Gasteiger charge is 2.16. The molecule has 0 aliphatic carbocycles. The van der Waals surface area contributed by atoms with E-state index in [0.717, 1.165) is 10.8 Å². The van der Waals surface area contributed by atoms with Crippen molar-refractivity contribution < 1.29 is 14.3 Å². The lowest BCUT2D eigenvalue weighted by molar-refractivity contribution is -0.126. The first-order chi connectivity index (χ1) is 9.08. The van der Waals surface area contributed by atoms with Crippen LogP contribution in [-0.2, 0) is 4.79 Å². The van der Waals surface area contributed by atoms with Crippen LogP contribution in [0.1, 0.15) is 6.92 Å². The molecule has 5 heteroatoms. The maximum Gasteiger partial charge on any atom is 0.318 e. The smallest absolute Gasteiger partial charge is 0.318 e. The van der Waals surface area contributed by atoms with E-state index in [1.54, 1.807) is 13.0 Å². The fourth-order valence-electron chi connectivity index (χ4n) is 1.77. The Kier molecular flexibility index (Phi) is 3.66. The number of nitrogens with one attached hydrogen (secondary N) is 1. The Morgan fingerprint density at radius 1 is 1.16 bits per heavy atom. The van der Waals surface area contributed by atoms with Crippen molar-refractivity contribution in [3.63, 3.8) is 0 Å². The van der Waals surface area contributed by atoms with Crippen LogP contribution in [0.25, 0.3) is 10.8 Å². The molecule has 2 aromatic rings. The number of benzene rings is 2. The van der Waals surface area contributed by atoms with Gasteiger partial charge in [-0.1, -0.05) is 36.4 Å². The largest absolute Gasteiger partial charge is 0.480 e. The minimum absolute atomic E-state index is 0.569. The van der Waals surface area contributed by atoms with Crippen LogP contribution in [0.5, 0.6) is 5.75 Å². The number of rotatable bonds is 3. The van der Waals surface area contributed by atoms with Crippen molar-refractivity contribution in [3.8, 4) is 5.75 Å². The van der Waals surface area contributed by atoms with Gasteiger partial charge < -0.3 is 10.5 Å². The third-order valence-corrected chi connectivity index (χ3v) is 2.67. The van der Waals surface area contributed by atoms with E-state index in [0.29, 0.717) is 5.75 Å². The zero-order chi connectivity index (χ0) is 13.8. The number of hydrogen-bond acceptors (Lipinski definition) is 3. The summed E-state index contributed by atoms with van der Waals surface area (Å²) in [6.45, 7) is 1.56. The molecule has 3 N–H and O–H groups in total. The first kappa shape index (κ1) is 12.9. The van der Waals surface area contributed by atoms with Crippen LogP contribution >= 0.6 is 0 Å². The molecule has 0 bridgehead atoms. The summed E-state index contributed by atoms with van der Waals surface area (Å²) in [5.41, 5.74) is 4.89. The van der Waals surface area contributed by atoms with Gasteiger partial charge in [0.2, 0.25) is 0 Å². The fourth-order valence-corrected chi connectivity index (χ4v) is 1.77. The van der Waals surface area contributed by atoms with Crippen LogP contribution in [0.3, 0.4) is 0 Å². The molecule has 0 radical (unpaired) electrons. The maximum absolute atomic E-state index is 11.6. The molecule has 0 aromatic heterocycles. The second-order valence-corrected chi connectivity index (χ2v) is 4.09. The van der Waals surface area contributed by atoms with Crippen LogP contribution in [-0.4, -0.2) is 18.0 Å². The molecule has 98 valence electrons. The molecule has 0 saturated carbocycles. The van der Waals surface area contributed by atoms with E-state index in [-0.39, 0.29) is 0 Å². The highest BCUT2D eigenvalue weighted by Crippen LogP contribution is 2.25. The molecule has 0 saturated heterocycles. The van der Waals surface area contributed by atoms with Gasteiger partial charge in [-0.2, -0.15) is 0 Å². The molecular formula is C14H14N2O3. The molecule has 0 spiro atoms. The van der Waals surface area contributed by atoms with E-state index in [1.165, 1.54) is 0 Å². The normalized spacial score (nSPS) is 11.8. The van der Waals surface area contributed by atoms with Gasteiger partial charge in [-0.05, 0) is 18.4 Å². The fraction of sp³-hybridized carbons (Fsp3) is 0.143. The minimum atomic E-state index is -0.890. The number of ether oxygens (including phenoxy) is 1. The monoisotopic (exact) mass is 258 g/mol.